The average Bonchev–Trinajstić information content (AvgIpc) is 2.66. The van der Waals surface area contributed by atoms with E-state index < -0.39 is 40.2 Å². The van der Waals surface area contributed by atoms with Gasteiger partial charge in [-0.2, -0.15) is 0 Å². The molecule has 0 saturated heterocycles. The highest BCUT2D eigenvalue weighted by Crippen LogP contribution is 2.14. The number of carbonyl (C=O) groups is 2. The molecule has 1 aromatic carbocycles. The van der Waals surface area contributed by atoms with E-state index in [1.807, 2.05) is 0 Å². The highest BCUT2D eigenvalue weighted by Gasteiger charge is 2.20. The zero-order chi connectivity index (χ0) is 21.3. The van der Waals surface area contributed by atoms with E-state index in [-0.39, 0.29) is 12.1 Å². The molecule has 3 rings (SSSR count). The Hall–Kier alpha value is -3.59. The molecule has 150 valence electrons. The first-order valence-corrected chi connectivity index (χ1v) is 8.80. The van der Waals surface area contributed by atoms with Crippen LogP contribution >= 0.6 is 11.6 Å². The maximum Gasteiger partial charge on any atom is 0.279 e. The number of aromatic nitrogens is 2. The van der Waals surface area contributed by atoms with Gasteiger partial charge in [0.25, 0.3) is 11.5 Å². The van der Waals surface area contributed by atoms with Gasteiger partial charge in [0.05, 0.1) is 18.6 Å². The zero-order valence-electron chi connectivity index (χ0n) is 15.1. The summed E-state index contributed by atoms with van der Waals surface area (Å²) in [5.74, 6) is -3.46. The molecule has 2 heterocycles. The fraction of sp³-hybridized carbons (Fsp3) is 0.158. The number of halogens is 1. The van der Waals surface area contributed by atoms with E-state index >= 15 is 0 Å². The van der Waals surface area contributed by atoms with Crippen molar-refractivity contribution in [3.63, 3.8) is 0 Å². The number of carboxylic acids is 1. The lowest BCUT2D eigenvalue weighted by molar-refractivity contribution is -0.307. The largest absolute Gasteiger partial charge is 0.548 e. The van der Waals surface area contributed by atoms with Crippen molar-refractivity contribution >= 4 is 29.0 Å². The van der Waals surface area contributed by atoms with Gasteiger partial charge in [-0.05, 0) is 24.6 Å². The van der Waals surface area contributed by atoms with Crippen molar-refractivity contribution in [1.29, 1.82) is 0 Å². The van der Waals surface area contributed by atoms with Crippen molar-refractivity contribution in [1.82, 2.24) is 14.3 Å². The van der Waals surface area contributed by atoms with Crippen molar-refractivity contribution in [2.75, 3.05) is 0 Å². The summed E-state index contributed by atoms with van der Waals surface area (Å²) in [5.41, 5.74) is -1.84. The van der Waals surface area contributed by atoms with Gasteiger partial charge in [0.15, 0.2) is 11.3 Å². The van der Waals surface area contributed by atoms with Gasteiger partial charge in [-0.25, -0.2) is 0 Å². The van der Waals surface area contributed by atoms with Gasteiger partial charge in [-0.1, -0.05) is 23.7 Å². The molecule has 1 atom stereocenters. The average molecular weight is 417 g/mol. The molecule has 0 fully saturated rings. The summed E-state index contributed by atoms with van der Waals surface area (Å²) in [4.78, 5) is 48.1. The summed E-state index contributed by atoms with van der Waals surface area (Å²) in [6.07, 6.45) is 3.87. The minimum Gasteiger partial charge on any atom is -0.548 e. The van der Waals surface area contributed by atoms with Crippen LogP contribution in [-0.2, 0) is 11.3 Å². The second-order valence-corrected chi connectivity index (χ2v) is 6.79. The Labute approximate surface area is 168 Å². The minimum absolute atomic E-state index is 0.148. The molecule has 0 aliphatic carbocycles. The number of nitrogens with one attached hydrogen (secondary N) is 1. The number of benzene rings is 1. The van der Waals surface area contributed by atoms with E-state index in [0.29, 0.717) is 5.02 Å². The molecular formula is C19H15ClN3O6-. The summed E-state index contributed by atoms with van der Waals surface area (Å²) in [5, 5.41) is 23.6. The molecule has 0 spiro atoms. The molecule has 0 aliphatic heterocycles. The van der Waals surface area contributed by atoms with E-state index in [4.69, 9.17) is 11.6 Å². The SMILES string of the molecule is CC(NC(=O)c1cn2ccn(Cc3cccc(Cl)c3)c(=O)c2c(O)c1=O)C(=O)[O-]. The Balaban J connectivity index is 2.06. The number of pyridine rings is 1. The topological polar surface area (TPSA) is 133 Å². The van der Waals surface area contributed by atoms with Crippen LogP contribution in [0.3, 0.4) is 0 Å². The second-order valence-electron chi connectivity index (χ2n) is 6.35. The number of nitrogens with zero attached hydrogens (tertiary/aromatic N) is 2. The summed E-state index contributed by atoms with van der Waals surface area (Å²) < 4.78 is 2.41. The second kappa shape index (κ2) is 7.80. The number of hydrogen-bond acceptors (Lipinski definition) is 6. The maximum absolute atomic E-state index is 12.8. The summed E-state index contributed by atoms with van der Waals surface area (Å²) in [6.45, 7) is 1.31. The van der Waals surface area contributed by atoms with Crippen molar-refractivity contribution in [2.45, 2.75) is 19.5 Å². The van der Waals surface area contributed by atoms with Gasteiger partial charge in [-0.15, -0.1) is 0 Å². The van der Waals surface area contributed by atoms with Crippen LogP contribution in [0.1, 0.15) is 22.8 Å². The standard InChI is InChI=1S/C19H16ClN3O6/c1-10(19(28)29)21-17(26)13-9-22-5-6-23(8-11-3-2-4-12(20)7-11)18(27)14(22)16(25)15(13)24/h2-7,9-10,25H,8H2,1H3,(H,21,26)(H,28,29)/p-1. The van der Waals surface area contributed by atoms with Crippen LogP contribution in [0.2, 0.25) is 5.02 Å². The van der Waals surface area contributed by atoms with E-state index in [9.17, 15) is 29.4 Å². The Morgan fingerprint density at radius 1 is 1.28 bits per heavy atom. The van der Waals surface area contributed by atoms with E-state index in [0.717, 1.165) is 16.2 Å². The first-order chi connectivity index (χ1) is 13.7. The number of fused-ring (bicyclic) bond motifs is 1. The lowest BCUT2D eigenvalue weighted by atomic mass is 10.2. The van der Waals surface area contributed by atoms with Gasteiger partial charge < -0.3 is 29.3 Å². The summed E-state index contributed by atoms with van der Waals surface area (Å²) in [6, 6.07) is 5.50. The number of rotatable bonds is 5. The lowest BCUT2D eigenvalue weighted by Gasteiger charge is -2.15. The van der Waals surface area contributed by atoms with Crippen molar-refractivity contribution in [2.24, 2.45) is 0 Å². The van der Waals surface area contributed by atoms with Gasteiger partial charge >= 0.3 is 0 Å². The van der Waals surface area contributed by atoms with Crippen molar-refractivity contribution in [3.8, 4) is 5.75 Å². The molecule has 1 amide bonds. The van der Waals surface area contributed by atoms with Gasteiger partial charge in [0.1, 0.15) is 5.56 Å². The molecular weight excluding hydrogens is 402 g/mol. The fourth-order valence-corrected chi connectivity index (χ4v) is 2.97. The molecule has 0 aliphatic rings. The quantitative estimate of drug-likeness (QED) is 0.588. The fourth-order valence-electron chi connectivity index (χ4n) is 2.76. The third kappa shape index (κ3) is 3.99. The minimum atomic E-state index is -1.53. The molecule has 2 aromatic heterocycles. The first-order valence-electron chi connectivity index (χ1n) is 8.42. The molecule has 9 nitrogen and oxygen atoms in total. The maximum atomic E-state index is 12.8. The molecule has 10 heteroatoms. The molecule has 3 aromatic rings. The highest BCUT2D eigenvalue weighted by atomic mass is 35.5. The molecule has 0 radical (unpaired) electrons. The van der Waals surface area contributed by atoms with Crippen LogP contribution in [-0.4, -0.2) is 32.0 Å². The Morgan fingerprint density at radius 3 is 2.66 bits per heavy atom. The van der Waals surface area contributed by atoms with Gasteiger partial charge in [0, 0.05) is 23.6 Å². The smallest absolute Gasteiger partial charge is 0.279 e. The Bertz CT molecular complexity index is 1250. The highest BCUT2D eigenvalue weighted by molar-refractivity contribution is 6.30. The van der Waals surface area contributed by atoms with Crippen LogP contribution < -0.4 is 21.4 Å². The number of hydrogen-bond donors (Lipinski definition) is 2. The zero-order valence-corrected chi connectivity index (χ0v) is 15.8. The molecule has 0 bridgehead atoms. The van der Waals surface area contributed by atoms with E-state index in [1.54, 1.807) is 24.3 Å². The molecule has 29 heavy (non-hydrogen) atoms. The molecule has 0 saturated carbocycles. The lowest BCUT2D eigenvalue weighted by Crippen LogP contribution is -2.46. The number of carbonyl (C=O) groups excluding carboxylic acids is 2. The normalized spacial score (nSPS) is 11.9. The number of carboxylic acid groups (broad SMARTS) is 1. The third-order valence-corrected chi connectivity index (χ3v) is 4.50. The van der Waals surface area contributed by atoms with Crippen LogP contribution in [0.15, 0.2) is 52.4 Å². The van der Waals surface area contributed by atoms with Crippen LogP contribution in [0.4, 0.5) is 0 Å². The summed E-state index contributed by atoms with van der Waals surface area (Å²) >= 11 is 5.94. The van der Waals surface area contributed by atoms with Crippen LogP contribution in [0.5, 0.6) is 5.75 Å². The molecule has 1 unspecified atom stereocenters. The number of aromatic hydroxyl groups is 1. The molecule has 2 N–H and O–H groups in total. The van der Waals surface area contributed by atoms with Crippen LogP contribution in [0.25, 0.3) is 5.52 Å². The Morgan fingerprint density at radius 2 is 2.00 bits per heavy atom. The predicted octanol–water partition coefficient (Wildman–Crippen LogP) is -0.263. The number of aliphatic carboxylic acids is 1. The third-order valence-electron chi connectivity index (χ3n) is 4.27. The van der Waals surface area contributed by atoms with Gasteiger partial charge in [0.2, 0.25) is 5.43 Å². The van der Waals surface area contributed by atoms with Crippen molar-refractivity contribution in [3.05, 3.63) is 79.6 Å². The summed E-state index contributed by atoms with van der Waals surface area (Å²) in [7, 11) is 0. The van der Waals surface area contributed by atoms with Gasteiger partial charge in [-0.3, -0.25) is 14.4 Å². The monoisotopic (exact) mass is 416 g/mol. The van der Waals surface area contributed by atoms with E-state index in [2.05, 4.69) is 5.32 Å². The van der Waals surface area contributed by atoms with Crippen LogP contribution in [0, 0.1) is 0 Å². The van der Waals surface area contributed by atoms with E-state index in [1.165, 1.54) is 23.9 Å². The Kier molecular flexibility index (Phi) is 5.42. The predicted molar refractivity (Wildman–Crippen MR) is 102 cm³/mol. The first kappa shape index (κ1) is 20.2. The number of amides is 1. The van der Waals surface area contributed by atoms with Crippen molar-refractivity contribution < 1.29 is 19.8 Å².